The van der Waals surface area contributed by atoms with Crippen molar-refractivity contribution in [3.8, 4) is 0 Å². The van der Waals surface area contributed by atoms with Gasteiger partial charge in [-0.2, -0.15) is 0 Å². The molecule has 2 nitrogen and oxygen atoms in total. The normalized spacial score (nSPS) is 11.2. The van der Waals surface area contributed by atoms with E-state index in [1.807, 2.05) is 12.1 Å². The Morgan fingerprint density at radius 3 is 1.55 bits per heavy atom. The van der Waals surface area contributed by atoms with E-state index >= 15 is 0 Å². The summed E-state index contributed by atoms with van der Waals surface area (Å²) in [5, 5.41) is 0. The van der Waals surface area contributed by atoms with E-state index in [-0.39, 0.29) is 12.4 Å². The van der Waals surface area contributed by atoms with Gasteiger partial charge in [0.2, 0.25) is 0 Å². The van der Waals surface area contributed by atoms with Crippen LogP contribution in [-0.2, 0) is 10.3 Å². The summed E-state index contributed by atoms with van der Waals surface area (Å²) in [5.74, 6) is 0. The number of nitrogens with zero attached hydrogens (tertiary/aromatic N) is 1. The second kappa shape index (κ2) is 7.44. The fraction of sp³-hybridized carbons (Fsp3) is 0.294. The first-order valence-corrected chi connectivity index (χ1v) is 6.50. The van der Waals surface area contributed by atoms with Crippen LogP contribution in [-0.4, -0.2) is 32.6 Å². The molecule has 0 aliphatic heterocycles. The number of rotatable bonds is 5. The Balaban J connectivity index is 0.00000200. The SMILES string of the molecule is COC(CN(C)C)(c1ccccc1)c1ccccc1.Cl. The van der Waals surface area contributed by atoms with Crippen molar-refractivity contribution in [1.29, 1.82) is 0 Å². The lowest BCUT2D eigenvalue weighted by atomic mass is 9.85. The quantitative estimate of drug-likeness (QED) is 0.835. The second-order valence-corrected chi connectivity index (χ2v) is 5.00. The Kier molecular flexibility index (Phi) is 6.21. The van der Waals surface area contributed by atoms with Crippen molar-refractivity contribution in [2.45, 2.75) is 5.60 Å². The molecule has 0 saturated heterocycles. The molecule has 0 aliphatic carbocycles. The van der Waals surface area contributed by atoms with Crippen LogP contribution in [0.2, 0.25) is 0 Å². The summed E-state index contributed by atoms with van der Waals surface area (Å²) < 4.78 is 5.98. The molecule has 0 fully saturated rings. The van der Waals surface area contributed by atoms with Crippen molar-refractivity contribution < 1.29 is 4.74 Å². The average Bonchev–Trinajstić information content (AvgIpc) is 2.46. The van der Waals surface area contributed by atoms with Gasteiger partial charge in [0.25, 0.3) is 0 Å². The number of hydrogen-bond donors (Lipinski definition) is 0. The van der Waals surface area contributed by atoms with E-state index < -0.39 is 5.60 Å². The van der Waals surface area contributed by atoms with Crippen LogP contribution < -0.4 is 0 Å². The molecule has 0 saturated carbocycles. The Morgan fingerprint density at radius 1 is 0.850 bits per heavy atom. The standard InChI is InChI=1S/C17H21NO.ClH/c1-18(2)14-17(19-3,15-10-6-4-7-11-15)16-12-8-5-9-13-16;/h4-13H,14H2,1-3H3;1H. The number of benzene rings is 2. The van der Waals surface area contributed by atoms with Crippen LogP contribution in [0.25, 0.3) is 0 Å². The monoisotopic (exact) mass is 291 g/mol. The minimum atomic E-state index is -0.425. The lowest BCUT2D eigenvalue weighted by Crippen LogP contribution is -2.40. The van der Waals surface area contributed by atoms with Gasteiger partial charge in [0.1, 0.15) is 5.60 Å². The summed E-state index contributed by atoms with van der Waals surface area (Å²) in [6.45, 7) is 0.803. The van der Waals surface area contributed by atoms with E-state index in [9.17, 15) is 0 Å². The van der Waals surface area contributed by atoms with E-state index in [1.165, 1.54) is 11.1 Å². The first-order chi connectivity index (χ1) is 9.19. The number of likely N-dealkylation sites (N-methyl/N-ethyl adjacent to an activating group) is 1. The summed E-state index contributed by atoms with van der Waals surface area (Å²) in [7, 11) is 5.92. The van der Waals surface area contributed by atoms with Gasteiger partial charge < -0.3 is 9.64 Å². The van der Waals surface area contributed by atoms with Crippen molar-refractivity contribution in [1.82, 2.24) is 4.90 Å². The van der Waals surface area contributed by atoms with E-state index in [4.69, 9.17) is 4.74 Å². The number of hydrogen-bond acceptors (Lipinski definition) is 2. The van der Waals surface area contributed by atoms with Crippen molar-refractivity contribution in [2.24, 2.45) is 0 Å². The molecule has 0 aromatic heterocycles. The third kappa shape index (κ3) is 3.40. The maximum absolute atomic E-state index is 5.98. The van der Waals surface area contributed by atoms with Crippen molar-refractivity contribution in [3.63, 3.8) is 0 Å². The van der Waals surface area contributed by atoms with Crippen LogP contribution in [0.5, 0.6) is 0 Å². The molecule has 0 unspecified atom stereocenters. The first kappa shape index (κ1) is 16.7. The molecule has 0 aliphatic rings. The molecule has 0 heterocycles. The summed E-state index contributed by atoms with van der Waals surface area (Å²) in [6.07, 6.45) is 0. The first-order valence-electron chi connectivity index (χ1n) is 6.50. The molecule has 0 amide bonds. The zero-order chi connectivity index (χ0) is 13.7. The molecule has 0 radical (unpaired) electrons. The molecule has 3 heteroatoms. The highest BCUT2D eigenvalue weighted by Crippen LogP contribution is 2.33. The van der Waals surface area contributed by atoms with Crippen LogP contribution >= 0.6 is 12.4 Å². The minimum Gasteiger partial charge on any atom is -0.367 e. The van der Waals surface area contributed by atoms with Crippen LogP contribution in [0.3, 0.4) is 0 Å². The summed E-state index contributed by atoms with van der Waals surface area (Å²) >= 11 is 0. The number of methoxy groups -OCH3 is 1. The molecule has 0 N–H and O–H groups in total. The fourth-order valence-electron chi connectivity index (χ4n) is 2.51. The molecule has 108 valence electrons. The lowest BCUT2D eigenvalue weighted by molar-refractivity contribution is 0.00159. The van der Waals surface area contributed by atoms with Gasteiger partial charge in [-0.05, 0) is 25.2 Å². The van der Waals surface area contributed by atoms with Crippen molar-refractivity contribution in [3.05, 3.63) is 71.8 Å². The molecule has 2 aromatic rings. The van der Waals surface area contributed by atoms with Gasteiger partial charge in [-0.15, -0.1) is 12.4 Å². The smallest absolute Gasteiger partial charge is 0.130 e. The van der Waals surface area contributed by atoms with Gasteiger partial charge in [0.05, 0.1) is 0 Å². The zero-order valence-corrected chi connectivity index (χ0v) is 13.1. The molecule has 2 aromatic carbocycles. The number of ether oxygens (including phenoxy) is 1. The van der Waals surface area contributed by atoms with Crippen molar-refractivity contribution in [2.75, 3.05) is 27.7 Å². The Hall–Kier alpha value is -1.35. The van der Waals surface area contributed by atoms with Gasteiger partial charge in [-0.3, -0.25) is 0 Å². The maximum Gasteiger partial charge on any atom is 0.130 e. The Labute approximate surface area is 127 Å². The van der Waals surface area contributed by atoms with Crippen LogP contribution in [0.4, 0.5) is 0 Å². The van der Waals surface area contributed by atoms with E-state index in [2.05, 4.69) is 67.5 Å². The topological polar surface area (TPSA) is 12.5 Å². The highest BCUT2D eigenvalue weighted by Gasteiger charge is 2.34. The highest BCUT2D eigenvalue weighted by atomic mass is 35.5. The summed E-state index contributed by atoms with van der Waals surface area (Å²) in [4.78, 5) is 2.16. The lowest BCUT2D eigenvalue weighted by Gasteiger charge is -2.36. The van der Waals surface area contributed by atoms with Gasteiger partial charge >= 0.3 is 0 Å². The zero-order valence-electron chi connectivity index (χ0n) is 12.2. The van der Waals surface area contributed by atoms with Gasteiger partial charge in [0.15, 0.2) is 0 Å². The highest BCUT2D eigenvalue weighted by molar-refractivity contribution is 5.85. The average molecular weight is 292 g/mol. The third-order valence-electron chi connectivity index (χ3n) is 3.37. The van der Waals surface area contributed by atoms with Gasteiger partial charge in [0, 0.05) is 13.7 Å². The van der Waals surface area contributed by atoms with Crippen LogP contribution in [0, 0.1) is 0 Å². The molecule has 0 atom stereocenters. The summed E-state index contributed by atoms with van der Waals surface area (Å²) in [6, 6.07) is 20.8. The van der Waals surface area contributed by atoms with E-state index in [1.54, 1.807) is 7.11 Å². The maximum atomic E-state index is 5.98. The second-order valence-electron chi connectivity index (χ2n) is 5.00. The van der Waals surface area contributed by atoms with E-state index in [0.717, 1.165) is 6.54 Å². The Morgan fingerprint density at radius 2 is 1.25 bits per heavy atom. The number of halogens is 1. The molecule has 2 rings (SSSR count). The van der Waals surface area contributed by atoms with Crippen molar-refractivity contribution >= 4 is 12.4 Å². The summed E-state index contributed by atoms with van der Waals surface area (Å²) in [5.41, 5.74) is 1.93. The van der Waals surface area contributed by atoms with Gasteiger partial charge in [-0.1, -0.05) is 60.7 Å². The van der Waals surface area contributed by atoms with Gasteiger partial charge in [-0.25, -0.2) is 0 Å². The van der Waals surface area contributed by atoms with Crippen LogP contribution in [0.15, 0.2) is 60.7 Å². The predicted molar refractivity (Wildman–Crippen MR) is 86.5 cm³/mol. The molecule has 0 bridgehead atoms. The Bertz CT molecular complexity index is 459. The largest absolute Gasteiger partial charge is 0.367 e. The van der Waals surface area contributed by atoms with E-state index in [0.29, 0.717) is 0 Å². The molecular formula is C17H22ClNO. The predicted octanol–water partition coefficient (Wildman–Crippen LogP) is 3.56. The minimum absolute atomic E-state index is 0. The molecular weight excluding hydrogens is 270 g/mol. The van der Waals surface area contributed by atoms with Crippen LogP contribution in [0.1, 0.15) is 11.1 Å². The molecule has 20 heavy (non-hydrogen) atoms. The third-order valence-corrected chi connectivity index (χ3v) is 3.37. The fourth-order valence-corrected chi connectivity index (χ4v) is 2.51. The molecule has 0 spiro atoms.